The minimum absolute atomic E-state index is 0.0485. The Bertz CT molecular complexity index is 1030. The maximum atomic E-state index is 13.0. The average Bonchev–Trinajstić information content (AvgIpc) is 3.01. The summed E-state index contributed by atoms with van der Waals surface area (Å²) in [6, 6.07) is 11.4. The van der Waals surface area contributed by atoms with Crippen molar-refractivity contribution < 1.29 is 24.2 Å². The summed E-state index contributed by atoms with van der Waals surface area (Å²) in [5.41, 5.74) is 1.94. The van der Waals surface area contributed by atoms with E-state index in [1.165, 1.54) is 12.0 Å². The van der Waals surface area contributed by atoms with Crippen LogP contribution in [0.1, 0.15) is 36.6 Å². The number of aryl methyl sites for hydroxylation is 1. The van der Waals surface area contributed by atoms with E-state index in [1.807, 2.05) is 13.0 Å². The fourth-order valence-corrected chi connectivity index (χ4v) is 3.82. The molecule has 1 aliphatic heterocycles. The van der Waals surface area contributed by atoms with Crippen LogP contribution in [0.5, 0.6) is 5.75 Å². The van der Waals surface area contributed by atoms with Crippen molar-refractivity contribution >= 4 is 29.1 Å². The van der Waals surface area contributed by atoms with Gasteiger partial charge in [-0.05, 0) is 54.3 Å². The van der Waals surface area contributed by atoms with Gasteiger partial charge in [0.15, 0.2) is 0 Å². The zero-order valence-electron chi connectivity index (χ0n) is 18.7. The Kier molecular flexibility index (Phi) is 7.59. The van der Waals surface area contributed by atoms with E-state index in [4.69, 9.17) is 21.1 Å². The first-order valence-corrected chi connectivity index (χ1v) is 10.9. The number of nitrogens with zero attached hydrogens (tertiary/aromatic N) is 1. The number of ether oxygens (including phenoxy) is 2. The summed E-state index contributed by atoms with van der Waals surface area (Å²) in [4.78, 5) is 27.3. The minimum atomic E-state index is -0.737. The standard InChI is InChI=1S/C25H28ClNO5/c1-15(2)14-32-19-9-10-20(16(3)13-19)23(28)21-22(17-5-7-18(26)8-6-17)27(11-12-31-4)25(30)24(21)29/h5-10,13,15,22,28H,11-12,14H2,1-4H3/b23-21+/t22-/m0/s1. The average molecular weight is 458 g/mol. The third-order valence-corrected chi connectivity index (χ3v) is 5.55. The van der Waals surface area contributed by atoms with Gasteiger partial charge in [-0.3, -0.25) is 9.59 Å². The van der Waals surface area contributed by atoms with Gasteiger partial charge in [-0.1, -0.05) is 37.6 Å². The molecule has 2 aromatic rings. The van der Waals surface area contributed by atoms with Gasteiger partial charge in [-0.15, -0.1) is 0 Å². The third kappa shape index (κ3) is 4.97. The topological polar surface area (TPSA) is 76.1 Å². The Labute approximate surface area is 193 Å². The number of amides is 1. The molecule has 0 aliphatic carbocycles. The van der Waals surface area contributed by atoms with Gasteiger partial charge in [0.1, 0.15) is 11.5 Å². The van der Waals surface area contributed by atoms with Gasteiger partial charge in [0, 0.05) is 24.2 Å². The van der Waals surface area contributed by atoms with E-state index in [-0.39, 0.29) is 24.5 Å². The molecule has 1 saturated heterocycles. The van der Waals surface area contributed by atoms with Crippen molar-refractivity contribution in [3.63, 3.8) is 0 Å². The van der Waals surface area contributed by atoms with Crippen molar-refractivity contribution in [3.05, 3.63) is 69.8 Å². The highest BCUT2D eigenvalue weighted by Crippen LogP contribution is 2.40. The molecule has 1 N–H and O–H groups in total. The van der Waals surface area contributed by atoms with Crippen LogP contribution in [0.3, 0.4) is 0 Å². The van der Waals surface area contributed by atoms with E-state index in [0.717, 1.165) is 5.56 Å². The summed E-state index contributed by atoms with van der Waals surface area (Å²) in [6.07, 6.45) is 0. The fraction of sp³-hybridized carbons (Fsp3) is 0.360. The van der Waals surface area contributed by atoms with Gasteiger partial charge in [-0.25, -0.2) is 0 Å². The lowest BCUT2D eigenvalue weighted by molar-refractivity contribution is -0.140. The summed E-state index contributed by atoms with van der Waals surface area (Å²) in [6.45, 7) is 7.00. The number of benzene rings is 2. The van der Waals surface area contributed by atoms with E-state index in [0.29, 0.717) is 34.4 Å². The maximum Gasteiger partial charge on any atom is 0.295 e. The number of aliphatic hydroxyl groups is 1. The molecule has 170 valence electrons. The van der Waals surface area contributed by atoms with Crippen LogP contribution in [-0.4, -0.2) is 48.6 Å². The Morgan fingerprint density at radius 3 is 2.44 bits per heavy atom. The highest BCUT2D eigenvalue weighted by molar-refractivity contribution is 6.46. The number of rotatable bonds is 8. The molecule has 1 heterocycles. The molecule has 0 radical (unpaired) electrons. The lowest BCUT2D eigenvalue weighted by atomic mass is 9.94. The van der Waals surface area contributed by atoms with Crippen LogP contribution in [0.25, 0.3) is 5.76 Å². The van der Waals surface area contributed by atoms with Crippen LogP contribution in [0, 0.1) is 12.8 Å². The second kappa shape index (κ2) is 10.2. The van der Waals surface area contributed by atoms with Crippen molar-refractivity contribution in [1.29, 1.82) is 0 Å². The first-order valence-electron chi connectivity index (χ1n) is 10.5. The number of Topliss-reactive ketones (excluding diaryl/α,β-unsaturated/α-hetero) is 1. The predicted octanol–water partition coefficient (Wildman–Crippen LogP) is 4.75. The van der Waals surface area contributed by atoms with E-state index >= 15 is 0 Å². The lowest BCUT2D eigenvalue weighted by Gasteiger charge is -2.25. The van der Waals surface area contributed by atoms with Crippen LogP contribution in [0.15, 0.2) is 48.0 Å². The van der Waals surface area contributed by atoms with E-state index in [1.54, 1.807) is 36.4 Å². The summed E-state index contributed by atoms with van der Waals surface area (Å²) < 4.78 is 10.9. The SMILES string of the molecule is COCCN1C(=O)C(=O)/C(=C(/O)c2ccc(OCC(C)C)cc2C)[C@@H]1c1ccc(Cl)cc1. The third-order valence-electron chi connectivity index (χ3n) is 5.30. The molecular weight excluding hydrogens is 430 g/mol. The van der Waals surface area contributed by atoms with Crippen LogP contribution in [0.2, 0.25) is 5.02 Å². The number of hydrogen-bond donors (Lipinski definition) is 1. The minimum Gasteiger partial charge on any atom is -0.507 e. The van der Waals surface area contributed by atoms with E-state index in [9.17, 15) is 14.7 Å². The van der Waals surface area contributed by atoms with Gasteiger partial charge in [0.05, 0.1) is 24.8 Å². The molecule has 0 saturated carbocycles. The van der Waals surface area contributed by atoms with Crippen LogP contribution in [0.4, 0.5) is 0 Å². The number of hydrogen-bond acceptors (Lipinski definition) is 5. The van der Waals surface area contributed by atoms with Crippen LogP contribution < -0.4 is 4.74 Å². The highest BCUT2D eigenvalue weighted by Gasteiger charge is 2.46. The molecule has 0 unspecified atom stereocenters. The maximum absolute atomic E-state index is 13.0. The Hall–Kier alpha value is -2.83. The van der Waals surface area contributed by atoms with Crippen molar-refractivity contribution in [2.75, 3.05) is 26.9 Å². The second-order valence-electron chi connectivity index (χ2n) is 8.22. The molecule has 1 atom stereocenters. The molecule has 32 heavy (non-hydrogen) atoms. The number of likely N-dealkylation sites (tertiary alicyclic amines) is 1. The van der Waals surface area contributed by atoms with Crippen molar-refractivity contribution in [1.82, 2.24) is 4.90 Å². The van der Waals surface area contributed by atoms with Gasteiger partial charge >= 0.3 is 0 Å². The van der Waals surface area contributed by atoms with Crippen molar-refractivity contribution in [2.24, 2.45) is 5.92 Å². The Morgan fingerprint density at radius 2 is 1.84 bits per heavy atom. The molecule has 1 fully saturated rings. The number of halogens is 1. The Balaban J connectivity index is 2.07. The summed E-state index contributed by atoms with van der Waals surface area (Å²) in [5, 5.41) is 11.7. The molecule has 2 aromatic carbocycles. The lowest BCUT2D eigenvalue weighted by Crippen LogP contribution is -2.32. The van der Waals surface area contributed by atoms with Gasteiger partial charge in [-0.2, -0.15) is 0 Å². The number of methoxy groups -OCH3 is 1. The molecule has 0 spiro atoms. The normalized spacial score (nSPS) is 17.9. The zero-order valence-corrected chi connectivity index (χ0v) is 19.5. The Morgan fingerprint density at radius 1 is 1.16 bits per heavy atom. The van der Waals surface area contributed by atoms with Gasteiger partial charge in [0.25, 0.3) is 11.7 Å². The molecular formula is C25H28ClNO5. The zero-order chi connectivity index (χ0) is 23.4. The summed E-state index contributed by atoms with van der Waals surface area (Å²) >= 11 is 6.03. The van der Waals surface area contributed by atoms with Crippen molar-refractivity contribution in [2.45, 2.75) is 26.8 Å². The molecule has 3 rings (SSSR count). The smallest absolute Gasteiger partial charge is 0.295 e. The number of carbonyl (C=O) groups excluding carboxylic acids is 2. The van der Waals surface area contributed by atoms with Gasteiger partial charge in [0.2, 0.25) is 0 Å². The van der Waals surface area contributed by atoms with Crippen LogP contribution in [-0.2, 0) is 14.3 Å². The van der Waals surface area contributed by atoms with E-state index < -0.39 is 17.7 Å². The first kappa shape index (κ1) is 23.8. The summed E-state index contributed by atoms with van der Waals surface area (Å²) in [5.74, 6) is -0.541. The number of ketones is 1. The first-order chi connectivity index (χ1) is 15.2. The number of carbonyl (C=O) groups is 2. The fourth-order valence-electron chi connectivity index (χ4n) is 3.69. The van der Waals surface area contributed by atoms with Crippen molar-refractivity contribution in [3.8, 4) is 5.75 Å². The molecule has 0 bridgehead atoms. The van der Waals surface area contributed by atoms with Crippen LogP contribution >= 0.6 is 11.6 Å². The van der Waals surface area contributed by atoms with Gasteiger partial charge < -0.3 is 19.5 Å². The largest absolute Gasteiger partial charge is 0.507 e. The molecule has 6 nitrogen and oxygen atoms in total. The second-order valence-corrected chi connectivity index (χ2v) is 8.65. The predicted molar refractivity (Wildman–Crippen MR) is 124 cm³/mol. The van der Waals surface area contributed by atoms with E-state index in [2.05, 4.69) is 13.8 Å². The molecule has 1 aliphatic rings. The quantitative estimate of drug-likeness (QED) is 0.351. The number of aliphatic hydroxyl groups excluding tert-OH is 1. The highest BCUT2D eigenvalue weighted by atomic mass is 35.5. The molecule has 7 heteroatoms. The molecule has 0 aromatic heterocycles. The summed E-state index contributed by atoms with van der Waals surface area (Å²) in [7, 11) is 1.53. The molecule has 1 amide bonds. The monoisotopic (exact) mass is 457 g/mol.